The van der Waals surface area contributed by atoms with Crippen LogP contribution in [0.4, 0.5) is 11.4 Å². The number of methoxy groups -OCH3 is 1. The van der Waals surface area contributed by atoms with Crippen molar-refractivity contribution in [2.75, 3.05) is 19.1 Å². The Balaban J connectivity index is 2.32. The zero-order chi connectivity index (χ0) is 13.8. The van der Waals surface area contributed by atoms with Gasteiger partial charge in [-0.05, 0) is 29.8 Å². The maximum Gasteiger partial charge on any atom is 0.120 e. The molecule has 0 spiro atoms. The van der Waals surface area contributed by atoms with E-state index in [-0.39, 0.29) is 0 Å². The first-order chi connectivity index (χ1) is 9.15. The van der Waals surface area contributed by atoms with E-state index in [1.165, 1.54) is 5.56 Å². The monoisotopic (exact) mass is 383 g/mol. The molecule has 0 saturated heterocycles. The average Bonchev–Trinajstić information content (AvgIpc) is 2.46. The molecule has 19 heavy (non-hydrogen) atoms. The van der Waals surface area contributed by atoms with E-state index in [0.29, 0.717) is 0 Å². The van der Waals surface area contributed by atoms with Gasteiger partial charge >= 0.3 is 0 Å². The quantitative estimate of drug-likeness (QED) is 0.678. The van der Waals surface area contributed by atoms with E-state index in [1.54, 1.807) is 7.11 Å². The Hall–Kier alpha value is -1.000. The first-order valence-corrected chi connectivity index (χ1v) is 7.79. The van der Waals surface area contributed by atoms with Crippen LogP contribution in [0.5, 0.6) is 5.75 Å². The largest absolute Gasteiger partial charge is 0.497 e. The second-order valence-corrected chi connectivity index (χ2v) is 5.58. The summed E-state index contributed by atoms with van der Waals surface area (Å²) in [6.45, 7) is 0. The van der Waals surface area contributed by atoms with Gasteiger partial charge in [0.05, 0.1) is 7.11 Å². The molecule has 0 aromatic heterocycles. The lowest BCUT2D eigenvalue weighted by atomic mass is 10.2. The summed E-state index contributed by atoms with van der Waals surface area (Å²) in [7, 11) is 3.73. The first-order valence-electron chi connectivity index (χ1n) is 5.88. The molecule has 0 aliphatic carbocycles. The predicted molar refractivity (Wildman–Crippen MR) is 87.8 cm³/mol. The van der Waals surface area contributed by atoms with E-state index in [9.17, 15) is 0 Å². The molecule has 0 unspecified atom stereocenters. The minimum absolute atomic E-state index is 0.844. The summed E-state index contributed by atoms with van der Waals surface area (Å²) in [5, 5.41) is 0.844. The van der Waals surface area contributed by atoms with Crippen LogP contribution in [0.1, 0.15) is 5.56 Å². The van der Waals surface area contributed by atoms with Crippen molar-refractivity contribution in [1.29, 1.82) is 0 Å². The smallest absolute Gasteiger partial charge is 0.120 e. The number of hydrogen-bond acceptors (Lipinski definition) is 2. The maximum absolute atomic E-state index is 5.26. The lowest BCUT2D eigenvalue weighted by molar-refractivity contribution is 0.415. The molecule has 2 rings (SSSR count). The molecule has 0 N–H and O–H groups in total. The molecule has 0 atom stereocenters. The van der Waals surface area contributed by atoms with Crippen LogP contribution >= 0.6 is 31.9 Å². The van der Waals surface area contributed by atoms with Gasteiger partial charge < -0.3 is 9.64 Å². The van der Waals surface area contributed by atoms with Gasteiger partial charge in [0.1, 0.15) is 5.75 Å². The Morgan fingerprint density at radius 2 is 1.84 bits per heavy atom. The number of benzene rings is 2. The van der Waals surface area contributed by atoms with Gasteiger partial charge in [-0.25, -0.2) is 0 Å². The number of halogens is 2. The lowest BCUT2D eigenvalue weighted by Crippen LogP contribution is -2.09. The minimum Gasteiger partial charge on any atom is -0.497 e. The molecular formula is C15H15Br2NO. The van der Waals surface area contributed by atoms with Crippen LogP contribution < -0.4 is 9.64 Å². The first kappa shape index (κ1) is 14.4. The zero-order valence-electron chi connectivity index (χ0n) is 10.9. The molecule has 0 aliphatic heterocycles. The fraction of sp³-hybridized carbons (Fsp3) is 0.200. The molecule has 2 aromatic rings. The summed E-state index contributed by atoms with van der Waals surface area (Å²) in [6.07, 6.45) is 0. The molecule has 2 aromatic carbocycles. The van der Waals surface area contributed by atoms with Crippen LogP contribution in [0.25, 0.3) is 0 Å². The van der Waals surface area contributed by atoms with Crippen LogP contribution in [-0.4, -0.2) is 14.2 Å². The standard InChI is InChI=1S/C15H15Br2NO/c1-18(12-4-3-5-14(8-12)19-2)13-7-6-11(10-16)15(17)9-13/h3-9H,10H2,1-2H3. The summed E-state index contributed by atoms with van der Waals surface area (Å²) in [5.41, 5.74) is 3.46. The fourth-order valence-electron chi connectivity index (χ4n) is 1.82. The second kappa shape index (κ2) is 6.44. The van der Waals surface area contributed by atoms with E-state index < -0.39 is 0 Å². The van der Waals surface area contributed by atoms with E-state index in [1.807, 2.05) is 25.2 Å². The molecule has 0 amide bonds. The zero-order valence-corrected chi connectivity index (χ0v) is 14.0. The van der Waals surface area contributed by atoms with Crippen molar-refractivity contribution >= 4 is 43.2 Å². The van der Waals surface area contributed by atoms with Gasteiger partial charge in [0.15, 0.2) is 0 Å². The second-order valence-electron chi connectivity index (χ2n) is 4.17. The molecule has 4 heteroatoms. The predicted octanol–water partition coefficient (Wildman–Crippen LogP) is 5.12. The topological polar surface area (TPSA) is 12.5 Å². The molecule has 0 aliphatic rings. The van der Waals surface area contributed by atoms with Gasteiger partial charge in [0.25, 0.3) is 0 Å². The minimum atomic E-state index is 0.844. The van der Waals surface area contributed by atoms with Crippen molar-refractivity contribution in [3.05, 3.63) is 52.5 Å². The van der Waals surface area contributed by atoms with Crippen molar-refractivity contribution in [2.45, 2.75) is 5.33 Å². The normalized spacial score (nSPS) is 10.3. The van der Waals surface area contributed by atoms with E-state index in [0.717, 1.165) is 26.9 Å². The van der Waals surface area contributed by atoms with Crippen molar-refractivity contribution in [3.63, 3.8) is 0 Å². The van der Waals surface area contributed by atoms with Gasteiger partial charge in [0, 0.05) is 34.3 Å². The Morgan fingerprint density at radius 1 is 1.11 bits per heavy atom. The molecule has 0 fully saturated rings. The van der Waals surface area contributed by atoms with E-state index in [2.05, 4.69) is 61.0 Å². The molecule has 0 bridgehead atoms. The number of alkyl halides is 1. The summed E-state index contributed by atoms with van der Waals surface area (Å²) in [5.74, 6) is 0.862. The lowest BCUT2D eigenvalue weighted by Gasteiger charge is -2.21. The Kier molecular flexibility index (Phi) is 4.88. The molecule has 100 valence electrons. The van der Waals surface area contributed by atoms with Gasteiger partial charge in [-0.3, -0.25) is 0 Å². The third-order valence-corrected chi connectivity index (χ3v) is 4.35. The molecule has 0 saturated carbocycles. The number of anilines is 2. The highest BCUT2D eigenvalue weighted by Gasteiger charge is 2.07. The van der Waals surface area contributed by atoms with Crippen LogP contribution in [0, 0.1) is 0 Å². The number of nitrogens with zero attached hydrogens (tertiary/aromatic N) is 1. The number of hydrogen-bond donors (Lipinski definition) is 0. The summed E-state index contributed by atoms with van der Waals surface area (Å²) in [6, 6.07) is 14.4. The van der Waals surface area contributed by atoms with E-state index in [4.69, 9.17) is 4.74 Å². The van der Waals surface area contributed by atoms with E-state index >= 15 is 0 Å². The van der Waals surface area contributed by atoms with Crippen molar-refractivity contribution < 1.29 is 4.74 Å². The van der Waals surface area contributed by atoms with Crippen molar-refractivity contribution in [1.82, 2.24) is 0 Å². The molecule has 2 nitrogen and oxygen atoms in total. The highest BCUT2D eigenvalue weighted by molar-refractivity contribution is 9.10. The maximum atomic E-state index is 5.26. The Bertz CT molecular complexity index is 572. The van der Waals surface area contributed by atoms with Gasteiger partial charge in [-0.1, -0.05) is 44.0 Å². The third kappa shape index (κ3) is 3.31. The van der Waals surface area contributed by atoms with Crippen molar-refractivity contribution in [2.24, 2.45) is 0 Å². The van der Waals surface area contributed by atoms with Crippen LogP contribution in [0.2, 0.25) is 0 Å². The summed E-state index contributed by atoms with van der Waals surface area (Å²) < 4.78 is 6.37. The van der Waals surface area contributed by atoms with Gasteiger partial charge in [0.2, 0.25) is 0 Å². The summed E-state index contributed by atoms with van der Waals surface area (Å²) >= 11 is 7.07. The summed E-state index contributed by atoms with van der Waals surface area (Å²) in [4.78, 5) is 2.13. The van der Waals surface area contributed by atoms with Crippen molar-refractivity contribution in [3.8, 4) is 5.75 Å². The van der Waals surface area contributed by atoms with Crippen LogP contribution in [0.3, 0.4) is 0 Å². The van der Waals surface area contributed by atoms with Gasteiger partial charge in [-0.2, -0.15) is 0 Å². The van der Waals surface area contributed by atoms with Gasteiger partial charge in [-0.15, -0.1) is 0 Å². The molecule has 0 radical (unpaired) electrons. The number of ether oxygens (including phenoxy) is 1. The third-order valence-electron chi connectivity index (χ3n) is 3.01. The Morgan fingerprint density at radius 3 is 2.47 bits per heavy atom. The van der Waals surface area contributed by atoms with Crippen LogP contribution in [-0.2, 0) is 5.33 Å². The SMILES string of the molecule is COc1cccc(N(C)c2ccc(CBr)c(Br)c2)c1. The Labute approximate surface area is 130 Å². The highest BCUT2D eigenvalue weighted by Crippen LogP contribution is 2.30. The number of rotatable bonds is 4. The molecular weight excluding hydrogens is 370 g/mol. The highest BCUT2D eigenvalue weighted by atomic mass is 79.9. The molecule has 0 heterocycles. The fourth-order valence-corrected chi connectivity index (χ4v) is 3.19. The van der Waals surface area contributed by atoms with Crippen LogP contribution in [0.15, 0.2) is 46.9 Å². The average molecular weight is 385 g/mol.